The van der Waals surface area contributed by atoms with E-state index in [1.165, 1.54) is 15.8 Å². The average molecular weight is 302 g/mol. The number of hydrogen-bond acceptors (Lipinski definition) is 5. The number of nitrogens with zero attached hydrogens (tertiary/aromatic N) is 3. The molecule has 0 bridgehead atoms. The molecule has 2 atom stereocenters. The molecule has 0 spiro atoms. The molecule has 0 saturated carbocycles. The van der Waals surface area contributed by atoms with Crippen LogP contribution >= 0.6 is 11.3 Å². The van der Waals surface area contributed by atoms with Crippen molar-refractivity contribution >= 4 is 27.4 Å². The summed E-state index contributed by atoms with van der Waals surface area (Å²) in [5.74, 6) is 2.59. The SMILES string of the molecule is Cc1sc2ncnc(N3CC4CNCC4C3(C)C)c2c1C. The van der Waals surface area contributed by atoms with Crippen LogP contribution in [0, 0.1) is 25.7 Å². The van der Waals surface area contributed by atoms with Gasteiger partial charge in [0.25, 0.3) is 0 Å². The molecule has 2 aromatic heterocycles. The molecule has 0 aliphatic carbocycles. The van der Waals surface area contributed by atoms with Crippen LogP contribution in [0.4, 0.5) is 5.82 Å². The first-order valence-electron chi connectivity index (χ1n) is 7.69. The van der Waals surface area contributed by atoms with E-state index in [2.05, 4.69) is 47.9 Å². The molecule has 4 nitrogen and oxygen atoms in total. The standard InChI is InChI=1S/C16H22N4S/c1-9-10(2)21-15-13(9)14(18-8-19-15)20-7-11-5-17-6-12(11)16(20,3)4/h8,11-12,17H,5-7H2,1-4H3. The number of aromatic nitrogens is 2. The maximum absolute atomic E-state index is 4.69. The first-order chi connectivity index (χ1) is 10.00. The molecular formula is C16H22N4S. The highest BCUT2D eigenvalue weighted by Gasteiger charge is 2.50. The summed E-state index contributed by atoms with van der Waals surface area (Å²) in [4.78, 5) is 14.2. The molecule has 2 aliphatic heterocycles. The fourth-order valence-electron chi connectivity index (χ4n) is 4.15. The monoisotopic (exact) mass is 302 g/mol. The third kappa shape index (κ3) is 1.77. The van der Waals surface area contributed by atoms with E-state index in [-0.39, 0.29) is 5.54 Å². The highest BCUT2D eigenvalue weighted by Crippen LogP contribution is 2.45. The van der Waals surface area contributed by atoms with Crippen molar-refractivity contribution in [2.45, 2.75) is 33.2 Å². The third-order valence-corrected chi connectivity index (χ3v) is 6.68. The van der Waals surface area contributed by atoms with Crippen molar-refractivity contribution in [3.63, 3.8) is 0 Å². The van der Waals surface area contributed by atoms with Gasteiger partial charge in [0.15, 0.2) is 0 Å². The first-order valence-corrected chi connectivity index (χ1v) is 8.51. The molecule has 21 heavy (non-hydrogen) atoms. The lowest BCUT2D eigenvalue weighted by Crippen LogP contribution is -2.45. The Morgan fingerprint density at radius 2 is 2.10 bits per heavy atom. The van der Waals surface area contributed by atoms with Crippen LogP contribution in [0.2, 0.25) is 0 Å². The lowest BCUT2D eigenvalue weighted by molar-refractivity contribution is 0.356. The molecule has 0 radical (unpaired) electrons. The second-order valence-electron chi connectivity index (χ2n) is 6.95. The highest BCUT2D eigenvalue weighted by atomic mass is 32.1. The van der Waals surface area contributed by atoms with E-state index < -0.39 is 0 Å². The molecular weight excluding hydrogens is 280 g/mol. The summed E-state index contributed by atoms with van der Waals surface area (Å²) in [6, 6.07) is 0. The summed E-state index contributed by atoms with van der Waals surface area (Å²) in [7, 11) is 0. The van der Waals surface area contributed by atoms with Gasteiger partial charge in [0.05, 0.1) is 5.39 Å². The maximum Gasteiger partial charge on any atom is 0.141 e. The molecule has 5 heteroatoms. The van der Waals surface area contributed by atoms with Crippen LogP contribution in [0.3, 0.4) is 0 Å². The zero-order valence-electron chi connectivity index (χ0n) is 13.1. The second-order valence-corrected chi connectivity index (χ2v) is 8.15. The van der Waals surface area contributed by atoms with Gasteiger partial charge in [0, 0.05) is 30.1 Å². The number of anilines is 1. The molecule has 2 unspecified atom stereocenters. The Morgan fingerprint density at radius 1 is 1.29 bits per heavy atom. The molecule has 112 valence electrons. The maximum atomic E-state index is 4.69. The summed E-state index contributed by atoms with van der Waals surface area (Å²) in [5, 5.41) is 4.81. The van der Waals surface area contributed by atoms with Gasteiger partial charge in [-0.2, -0.15) is 0 Å². The molecule has 2 aromatic rings. The number of rotatable bonds is 1. The van der Waals surface area contributed by atoms with E-state index in [0.29, 0.717) is 5.92 Å². The zero-order valence-corrected chi connectivity index (χ0v) is 13.9. The van der Waals surface area contributed by atoms with Crippen molar-refractivity contribution in [3.8, 4) is 0 Å². The topological polar surface area (TPSA) is 41.1 Å². The number of aryl methyl sites for hydroxylation is 2. The molecule has 0 amide bonds. The van der Waals surface area contributed by atoms with Crippen LogP contribution in [0.25, 0.3) is 10.2 Å². The molecule has 2 saturated heterocycles. The van der Waals surface area contributed by atoms with Crippen LogP contribution in [-0.2, 0) is 0 Å². The Morgan fingerprint density at radius 3 is 2.86 bits per heavy atom. The average Bonchev–Trinajstić information content (AvgIpc) is 3.07. The molecule has 4 heterocycles. The number of fused-ring (bicyclic) bond motifs is 2. The van der Waals surface area contributed by atoms with Crippen molar-refractivity contribution in [1.82, 2.24) is 15.3 Å². The Bertz CT molecular complexity index is 706. The van der Waals surface area contributed by atoms with Crippen LogP contribution in [-0.4, -0.2) is 35.1 Å². The molecule has 2 aliphatic rings. The van der Waals surface area contributed by atoms with Gasteiger partial charge in [-0.15, -0.1) is 11.3 Å². The van der Waals surface area contributed by atoms with Crippen molar-refractivity contribution in [2.75, 3.05) is 24.5 Å². The fraction of sp³-hybridized carbons (Fsp3) is 0.625. The van der Waals surface area contributed by atoms with E-state index in [0.717, 1.165) is 36.2 Å². The van der Waals surface area contributed by atoms with Gasteiger partial charge in [-0.1, -0.05) is 0 Å². The molecule has 1 N–H and O–H groups in total. The van der Waals surface area contributed by atoms with E-state index >= 15 is 0 Å². The number of thiophene rings is 1. The lowest BCUT2D eigenvalue weighted by atomic mass is 9.85. The number of nitrogens with one attached hydrogen (secondary N) is 1. The molecule has 2 fully saturated rings. The Kier molecular flexibility index (Phi) is 2.82. The van der Waals surface area contributed by atoms with Crippen molar-refractivity contribution in [2.24, 2.45) is 11.8 Å². The largest absolute Gasteiger partial charge is 0.350 e. The quantitative estimate of drug-likeness (QED) is 0.879. The summed E-state index contributed by atoms with van der Waals surface area (Å²) in [5.41, 5.74) is 1.49. The fourth-order valence-corrected chi connectivity index (χ4v) is 5.14. The van der Waals surface area contributed by atoms with E-state index in [1.54, 1.807) is 17.7 Å². The van der Waals surface area contributed by atoms with Crippen molar-refractivity contribution in [3.05, 3.63) is 16.8 Å². The summed E-state index contributed by atoms with van der Waals surface area (Å²) >= 11 is 1.78. The Balaban J connectivity index is 1.87. The van der Waals surface area contributed by atoms with Gasteiger partial charge in [-0.05, 0) is 45.1 Å². The van der Waals surface area contributed by atoms with Gasteiger partial charge in [0.2, 0.25) is 0 Å². The summed E-state index contributed by atoms with van der Waals surface area (Å²) in [6.45, 7) is 12.5. The predicted molar refractivity (Wildman–Crippen MR) is 88.2 cm³/mol. The highest BCUT2D eigenvalue weighted by molar-refractivity contribution is 7.18. The van der Waals surface area contributed by atoms with Gasteiger partial charge < -0.3 is 10.2 Å². The predicted octanol–water partition coefficient (Wildman–Crippen LogP) is 2.74. The minimum absolute atomic E-state index is 0.151. The molecule has 4 rings (SSSR count). The molecule has 0 aromatic carbocycles. The van der Waals surface area contributed by atoms with Crippen LogP contribution < -0.4 is 10.2 Å². The van der Waals surface area contributed by atoms with E-state index in [1.807, 2.05) is 0 Å². The van der Waals surface area contributed by atoms with Crippen LogP contribution in [0.1, 0.15) is 24.3 Å². The van der Waals surface area contributed by atoms with Crippen LogP contribution in [0.5, 0.6) is 0 Å². The van der Waals surface area contributed by atoms with Crippen molar-refractivity contribution < 1.29 is 0 Å². The normalized spacial score (nSPS) is 27.5. The smallest absolute Gasteiger partial charge is 0.141 e. The van der Waals surface area contributed by atoms with Gasteiger partial charge >= 0.3 is 0 Å². The Labute approximate surface area is 129 Å². The van der Waals surface area contributed by atoms with Gasteiger partial charge in [-0.25, -0.2) is 9.97 Å². The van der Waals surface area contributed by atoms with E-state index in [9.17, 15) is 0 Å². The summed E-state index contributed by atoms with van der Waals surface area (Å²) in [6.07, 6.45) is 1.73. The summed E-state index contributed by atoms with van der Waals surface area (Å²) < 4.78 is 0. The van der Waals surface area contributed by atoms with Crippen molar-refractivity contribution in [1.29, 1.82) is 0 Å². The minimum atomic E-state index is 0.151. The zero-order chi connectivity index (χ0) is 14.8. The van der Waals surface area contributed by atoms with Gasteiger partial charge in [0.1, 0.15) is 17.0 Å². The Hall–Kier alpha value is -1.20. The lowest BCUT2D eigenvalue weighted by Gasteiger charge is -2.36. The first kappa shape index (κ1) is 13.5. The minimum Gasteiger partial charge on any atom is -0.350 e. The van der Waals surface area contributed by atoms with E-state index in [4.69, 9.17) is 0 Å². The van der Waals surface area contributed by atoms with Gasteiger partial charge in [-0.3, -0.25) is 0 Å². The van der Waals surface area contributed by atoms with Crippen LogP contribution in [0.15, 0.2) is 6.33 Å². The second kappa shape index (κ2) is 4.40. The third-order valence-electron chi connectivity index (χ3n) is 5.56. The number of hydrogen-bond donors (Lipinski definition) is 1.